The Hall–Kier alpha value is -3.16. The van der Waals surface area contributed by atoms with Crippen LogP contribution >= 0.6 is 11.3 Å². The molecule has 7 heteroatoms. The number of hydrogen-bond donors (Lipinski definition) is 1. The van der Waals surface area contributed by atoms with E-state index in [9.17, 15) is 4.79 Å². The van der Waals surface area contributed by atoms with E-state index in [1.165, 1.54) is 22.5 Å². The van der Waals surface area contributed by atoms with Crippen molar-refractivity contribution >= 4 is 21.6 Å². The average molecular weight is 434 g/mol. The molecule has 1 aliphatic heterocycles. The summed E-state index contributed by atoms with van der Waals surface area (Å²) in [5.41, 5.74) is 4.38. The number of methoxy groups -OCH3 is 2. The van der Waals surface area contributed by atoms with Gasteiger partial charge in [0.2, 0.25) is 0 Å². The van der Waals surface area contributed by atoms with Crippen LogP contribution in [0.5, 0.6) is 11.5 Å². The largest absolute Gasteiger partial charge is 0.493 e. The molecule has 0 unspecified atom stereocenters. The van der Waals surface area contributed by atoms with Crippen LogP contribution in [0, 0.1) is 0 Å². The van der Waals surface area contributed by atoms with Gasteiger partial charge in [0.05, 0.1) is 26.2 Å². The molecule has 158 valence electrons. The number of nitrogens with one attached hydrogen (secondary N) is 1. The number of nitrogens with zero attached hydrogens (tertiary/aromatic N) is 2. The van der Waals surface area contributed by atoms with Crippen molar-refractivity contribution in [3.05, 3.63) is 75.1 Å². The fraction of sp³-hybridized carbons (Fsp3) is 0.250. The average Bonchev–Trinajstić information content (AvgIpc) is 3.23. The van der Waals surface area contributed by atoms with Crippen LogP contribution in [0.2, 0.25) is 0 Å². The highest BCUT2D eigenvalue weighted by molar-refractivity contribution is 7.17. The third kappa shape index (κ3) is 3.71. The lowest BCUT2D eigenvalue weighted by molar-refractivity contribution is 0.238. The van der Waals surface area contributed by atoms with Gasteiger partial charge in [-0.3, -0.25) is 9.69 Å². The van der Waals surface area contributed by atoms with Crippen LogP contribution in [0.3, 0.4) is 0 Å². The van der Waals surface area contributed by atoms with Crippen LogP contribution in [-0.4, -0.2) is 35.6 Å². The van der Waals surface area contributed by atoms with Crippen LogP contribution in [0.1, 0.15) is 17.0 Å². The molecule has 6 nitrogen and oxygen atoms in total. The van der Waals surface area contributed by atoms with Gasteiger partial charge in [0.1, 0.15) is 10.7 Å². The highest BCUT2D eigenvalue weighted by atomic mass is 32.1. The lowest BCUT2D eigenvalue weighted by atomic mass is 9.99. The highest BCUT2D eigenvalue weighted by Crippen LogP contribution is 2.34. The first kappa shape index (κ1) is 19.8. The molecule has 1 aliphatic rings. The molecule has 0 aliphatic carbocycles. The fourth-order valence-corrected chi connectivity index (χ4v) is 5.15. The number of ether oxygens (including phenoxy) is 2. The summed E-state index contributed by atoms with van der Waals surface area (Å²) in [6.45, 7) is 2.26. The zero-order valence-electron chi connectivity index (χ0n) is 17.5. The van der Waals surface area contributed by atoms with Gasteiger partial charge in [-0.2, -0.15) is 0 Å². The van der Waals surface area contributed by atoms with E-state index < -0.39 is 0 Å². The number of fused-ring (bicyclic) bond motifs is 2. The normalized spacial score (nSPS) is 13.9. The molecule has 1 N–H and O–H groups in total. The number of aromatic amines is 1. The molecule has 3 heterocycles. The van der Waals surface area contributed by atoms with Gasteiger partial charge in [0.25, 0.3) is 5.56 Å². The van der Waals surface area contributed by atoms with Crippen molar-refractivity contribution < 1.29 is 9.47 Å². The predicted molar refractivity (Wildman–Crippen MR) is 123 cm³/mol. The van der Waals surface area contributed by atoms with E-state index in [-0.39, 0.29) is 5.56 Å². The predicted octanol–water partition coefficient (Wildman–Crippen LogP) is 4.23. The summed E-state index contributed by atoms with van der Waals surface area (Å²) in [5.74, 6) is 2.20. The smallest absolute Gasteiger partial charge is 0.260 e. The number of H-pyrrole nitrogens is 1. The summed E-state index contributed by atoms with van der Waals surface area (Å²) in [6, 6.07) is 14.1. The van der Waals surface area contributed by atoms with Gasteiger partial charge >= 0.3 is 0 Å². The Bertz CT molecular complexity index is 1300. The summed E-state index contributed by atoms with van der Waals surface area (Å²) >= 11 is 1.52. The van der Waals surface area contributed by atoms with E-state index in [4.69, 9.17) is 14.5 Å². The Morgan fingerprint density at radius 3 is 2.58 bits per heavy atom. The van der Waals surface area contributed by atoms with Crippen molar-refractivity contribution in [2.24, 2.45) is 0 Å². The summed E-state index contributed by atoms with van der Waals surface area (Å²) in [6.07, 6.45) is 0.916. The molecule has 0 atom stereocenters. The van der Waals surface area contributed by atoms with Crippen LogP contribution in [0.4, 0.5) is 0 Å². The molecule has 0 spiro atoms. The summed E-state index contributed by atoms with van der Waals surface area (Å²) in [5, 5.41) is 2.68. The van der Waals surface area contributed by atoms with Crippen molar-refractivity contribution in [3.8, 4) is 22.6 Å². The van der Waals surface area contributed by atoms with Gasteiger partial charge in [0, 0.05) is 24.0 Å². The number of rotatable bonds is 5. The Morgan fingerprint density at radius 1 is 1.10 bits per heavy atom. The number of hydrogen-bond acceptors (Lipinski definition) is 6. The number of benzene rings is 2. The van der Waals surface area contributed by atoms with E-state index in [1.807, 2.05) is 41.8 Å². The first-order chi connectivity index (χ1) is 15.2. The van der Waals surface area contributed by atoms with Crippen LogP contribution < -0.4 is 15.0 Å². The highest BCUT2D eigenvalue weighted by Gasteiger charge is 2.21. The van der Waals surface area contributed by atoms with Crippen molar-refractivity contribution in [1.82, 2.24) is 14.9 Å². The Morgan fingerprint density at radius 2 is 1.84 bits per heavy atom. The van der Waals surface area contributed by atoms with Gasteiger partial charge < -0.3 is 14.5 Å². The van der Waals surface area contributed by atoms with Crippen molar-refractivity contribution in [2.75, 3.05) is 20.8 Å². The minimum Gasteiger partial charge on any atom is -0.493 e. The first-order valence-electron chi connectivity index (χ1n) is 10.2. The summed E-state index contributed by atoms with van der Waals surface area (Å²) < 4.78 is 10.9. The maximum absolute atomic E-state index is 12.9. The maximum Gasteiger partial charge on any atom is 0.260 e. The molecule has 2 aromatic carbocycles. The van der Waals surface area contributed by atoms with Crippen molar-refractivity contribution in [2.45, 2.75) is 19.5 Å². The second-order valence-corrected chi connectivity index (χ2v) is 8.50. The monoisotopic (exact) mass is 433 g/mol. The topological polar surface area (TPSA) is 67.5 Å². The van der Waals surface area contributed by atoms with Gasteiger partial charge in [-0.1, -0.05) is 30.3 Å². The molecule has 31 heavy (non-hydrogen) atoms. The standard InChI is InChI=1S/C24H23N3O3S/c1-29-19-10-16-8-9-27(12-17(16)11-20(19)30-2)13-21-25-23(28)22-18(14-31-24(22)26-21)15-6-4-3-5-7-15/h3-7,10-11,14H,8-9,12-13H2,1-2H3,(H,25,26,28). The second-order valence-electron chi connectivity index (χ2n) is 7.64. The van der Waals surface area contributed by atoms with Crippen molar-refractivity contribution in [1.29, 1.82) is 0 Å². The van der Waals surface area contributed by atoms with Gasteiger partial charge in [-0.05, 0) is 35.2 Å². The molecule has 4 aromatic rings. The van der Waals surface area contributed by atoms with E-state index >= 15 is 0 Å². The zero-order valence-corrected chi connectivity index (χ0v) is 18.3. The zero-order chi connectivity index (χ0) is 21.4. The van der Waals surface area contributed by atoms with Gasteiger partial charge in [-0.25, -0.2) is 4.98 Å². The van der Waals surface area contributed by atoms with Crippen LogP contribution in [0.15, 0.2) is 52.6 Å². The van der Waals surface area contributed by atoms with E-state index in [1.54, 1.807) is 14.2 Å². The molecule has 0 amide bonds. The molecule has 0 saturated carbocycles. The molecule has 0 fully saturated rings. The van der Waals surface area contributed by atoms with Crippen molar-refractivity contribution in [3.63, 3.8) is 0 Å². The molecular weight excluding hydrogens is 410 g/mol. The summed E-state index contributed by atoms with van der Waals surface area (Å²) in [7, 11) is 3.31. The second kappa shape index (κ2) is 8.17. The third-order valence-corrected chi connectivity index (χ3v) is 6.62. The molecule has 0 bridgehead atoms. The SMILES string of the molecule is COc1cc2c(cc1OC)CN(Cc1nc3scc(-c4ccccc4)c3c(=O)[nH]1)CC2. The van der Waals surface area contributed by atoms with E-state index in [2.05, 4.69) is 16.0 Å². The molecular formula is C24H23N3O3S. The summed E-state index contributed by atoms with van der Waals surface area (Å²) in [4.78, 5) is 23.8. The number of thiophene rings is 1. The lowest BCUT2D eigenvalue weighted by Crippen LogP contribution is -2.31. The Labute approximate surface area is 184 Å². The number of aromatic nitrogens is 2. The fourth-order valence-electron chi connectivity index (χ4n) is 4.19. The molecule has 0 saturated heterocycles. The van der Waals surface area contributed by atoms with E-state index in [0.717, 1.165) is 47.0 Å². The molecule has 2 aromatic heterocycles. The maximum atomic E-state index is 12.9. The minimum atomic E-state index is -0.0797. The first-order valence-corrected chi connectivity index (χ1v) is 11.1. The molecule has 0 radical (unpaired) electrons. The lowest BCUT2D eigenvalue weighted by Gasteiger charge is -2.29. The third-order valence-electron chi connectivity index (χ3n) is 5.75. The quantitative estimate of drug-likeness (QED) is 0.510. The van der Waals surface area contributed by atoms with E-state index in [0.29, 0.717) is 17.8 Å². The Balaban J connectivity index is 1.41. The van der Waals surface area contributed by atoms with Crippen LogP contribution in [-0.2, 0) is 19.5 Å². The minimum absolute atomic E-state index is 0.0797. The molecule has 5 rings (SSSR count). The van der Waals surface area contributed by atoms with Gasteiger partial charge in [0.15, 0.2) is 11.5 Å². The van der Waals surface area contributed by atoms with Crippen LogP contribution in [0.25, 0.3) is 21.3 Å². The Kier molecular flexibility index (Phi) is 5.21. The van der Waals surface area contributed by atoms with Gasteiger partial charge in [-0.15, -0.1) is 11.3 Å².